The zero-order valence-corrected chi connectivity index (χ0v) is 25.9. The summed E-state index contributed by atoms with van der Waals surface area (Å²) in [5.74, 6) is -1.67. The number of halogens is 2. The van der Waals surface area contributed by atoms with E-state index in [1.54, 1.807) is 36.9 Å². The third-order valence-corrected chi connectivity index (χ3v) is 11.8. The second kappa shape index (κ2) is 11.6. The first kappa shape index (κ1) is 30.8. The summed E-state index contributed by atoms with van der Waals surface area (Å²) in [6.45, 7) is 7.27. The number of carbonyl (C=O) groups excluding carboxylic acids is 2. The smallest absolute Gasteiger partial charge is 0.309 e. The maximum Gasteiger partial charge on any atom is 0.309 e. The van der Waals surface area contributed by atoms with E-state index in [1.807, 2.05) is 44.2 Å². The molecule has 1 saturated carbocycles. The number of hydrogen-bond donors (Lipinski definition) is 1. The fourth-order valence-electron chi connectivity index (χ4n) is 5.82. The monoisotopic (exact) mass is 608 g/mol. The van der Waals surface area contributed by atoms with E-state index in [0.717, 1.165) is 11.1 Å². The minimum atomic E-state index is -3.57. The number of amides is 1. The Balaban J connectivity index is 1.87. The molecule has 2 aliphatic rings. The molecule has 7 nitrogen and oxygen atoms in total. The lowest BCUT2D eigenvalue weighted by molar-refractivity contribution is -0.168. The van der Waals surface area contributed by atoms with Gasteiger partial charge in [-0.05, 0) is 74.9 Å². The summed E-state index contributed by atoms with van der Waals surface area (Å²) in [5, 5.41) is 1.13. The van der Waals surface area contributed by atoms with Crippen LogP contribution < -0.4 is 4.72 Å². The number of sulfonamides is 1. The van der Waals surface area contributed by atoms with Gasteiger partial charge in [-0.3, -0.25) is 9.59 Å². The number of esters is 1. The fourth-order valence-corrected chi connectivity index (χ4v) is 7.54. The number of methoxy groups -OCH3 is 1. The first-order chi connectivity index (χ1) is 18.8. The number of benzene rings is 2. The number of carbonyl (C=O) groups is 2. The molecule has 0 radical (unpaired) electrons. The molecule has 1 aliphatic carbocycles. The number of ether oxygens (including phenoxy) is 1. The number of nitrogens with zero attached hydrogens (tertiary/aromatic N) is 1. The molecule has 1 heterocycles. The van der Waals surface area contributed by atoms with Crippen molar-refractivity contribution in [1.82, 2.24) is 9.62 Å². The molecule has 2 aromatic carbocycles. The third-order valence-electron chi connectivity index (χ3n) is 9.02. The van der Waals surface area contributed by atoms with Crippen molar-refractivity contribution in [3.05, 3.63) is 69.7 Å². The molecule has 2 aromatic rings. The van der Waals surface area contributed by atoms with Crippen molar-refractivity contribution in [2.75, 3.05) is 13.7 Å². The van der Waals surface area contributed by atoms with Crippen LogP contribution in [0.2, 0.25) is 10.0 Å². The molecule has 1 aliphatic heterocycles. The number of hydrogen-bond acceptors (Lipinski definition) is 5. The van der Waals surface area contributed by atoms with Gasteiger partial charge in [0.05, 0.1) is 29.2 Å². The Hall–Kier alpha value is -2.13. The quantitative estimate of drug-likeness (QED) is 0.328. The highest BCUT2D eigenvalue weighted by atomic mass is 35.5. The Bertz CT molecular complexity index is 1360. The fraction of sp³-hybridized carbons (Fsp3) is 0.533. The second-order valence-electron chi connectivity index (χ2n) is 11.6. The van der Waals surface area contributed by atoms with E-state index >= 15 is 0 Å². The van der Waals surface area contributed by atoms with Gasteiger partial charge < -0.3 is 9.64 Å². The SMILES string of the molecule is CC[C@@H](CNS(=O)(=O)C1(C)CC1)N1C(=O)[C@@](C)(C(C)C(=O)OC)C[C@H](c2cccc(Cl)c2)[C@H]1c1ccc(Cl)cc1. The molecule has 0 spiro atoms. The third kappa shape index (κ3) is 5.78. The molecular formula is C30H38Cl2N2O5S. The van der Waals surface area contributed by atoms with Gasteiger partial charge in [-0.2, -0.15) is 0 Å². The van der Waals surface area contributed by atoms with E-state index in [2.05, 4.69) is 4.72 Å². The topological polar surface area (TPSA) is 92.8 Å². The van der Waals surface area contributed by atoms with Crippen molar-refractivity contribution < 1.29 is 22.7 Å². The van der Waals surface area contributed by atoms with Crippen LogP contribution in [0.25, 0.3) is 0 Å². The Morgan fingerprint density at radius 1 is 1.10 bits per heavy atom. The lowest BCUT2D eigenvalue weighted by atomic mass is 9.63. The maximum absolute atomic E-state index is 14.6. The van der Waals surface area contributed by atoms with Crippen LogP contribution in [-0.4, -0.2) is 49.6 Å². The highest BCUT2D eigenvalue weighted by Crippen LogP contribution is 2.53. The largest absolute Gasteiger partial charge is 0.469 e. The number of rotatable bonds is 10. The van der Waals surface area contributed by atoms with E-state index in [1.165, 1.54) is 7.11 Å². The minimum Gasteiger partial charge on any atom is -0.469 e. The molecular weight excluding hydrogens is 571 g/mol. The van der Waals surface area contributed by atoms with Crippen LogP contribution in [0.4, 0.5) is 0 Å². The lowest BCUT2D eigenvalue weighted by Gasteiger charge is -2.53. The van der Waals surface area contributed by atoms with E-state index < -0.39 is 44.2 Å². The molecule has 0 aromatic heterocycles. The van der Waals surface area contributed by atoms with E-state index in [0.29, 0.717) is 35.7 Å². The predicted molar refractivity (Wildman–Crippen MR) is 158 cm³/mol. The normalized spacial score (nSPS) is 25.8. The summed E-state index contributed by atoms with van der Waals surface area (Å²) in [7, 11) is -2.25. The van der Waals surface area contributed by atoms with Crippen molar-refractivity contribution in [2.45, 2.75) is 76.1 Å². The molecule has 4 rings (SSSR count). The van der Waals surface area contributed by atoms with Gasteiger partial charge in [0.25, 0.3) is 0 Å². The van der Waals surface area contributed by atoms with Gasteiger partial charge in [0, 0.05) is 28.5 Å². The van der Waals surface area contributed by atoms with Gasteiger partial charge in [-0.1, -0.05) is 61.3 Å². The summed E-state index contributed by atoms with van der Waals surface area (Å²) < 4.78 is 33.3. The summed E-state index contributed by atoms with van der Waals surface area (Å²) in [6, 6.07) is 14.0. The molecule has 1 N–H and O–H groups in total. The first-order valence-electron chi connectivity index (χ1n) is 13.7. The Kier molecular flexibility index (Phi) is 8.96. The van der Waals surface area contributed by atoms with Gasteiger partial charge in [-0.15, -0.1) is 0 Å². The van der Waals surface area contributed by atoms with Gasteiger partial charge >= 0.3 is 5.97 Å². The molecule has 1 amide bonds. The highest BCUT2D eigenvalue weighted by molar-refractivity contribution is 7.91. The maximum atomic E-state index is 14.6. The number of likely N-dealkylation sites (tertiary alicyclic amines) is 1. The summed E-state index contributed by atoms with van der Waals surface area (Å²) in [4.78, 5) is 29.3. The van der Waals surface area contributed by atoms with Crippen molar-refractivity contribution in [2.24, 2.45) is 11.3 Å². The van der Waals surface area contributed by atoms with Crippen LogP contribution in [0.15, 0.2) is 48.5 Å². The Labute approximate surface area is 247 Å². The van der Waals surface area contributed by atoms with Crippen LogP contribution in [0, 0.1) is 11.3 Å². The molecule has 10 heteroatoms. The molecule has 0 bridgehead atoms. The van der Waals surface area contributed by atoms with Crippen molar-refractivity contribution in [3.63, 3.8) is 0 Å². The van der Waals surface area contributed by atoms with Crippen molar-refractivity contribution >= 4 is 45.1 Å². The molecule has 5 atom stereocenters. The van der Waals surface area contributed by atoms with Crippen LogP contribution >= 0.6 is 23.2 Å². The van der Waals surface area contributed by atoms with E-state index in [9.17, 15) is 18.0 Å². The van der Waals surface area contributed by atoms with E-state index in [-0.39, 0.29) is 18.4 Å². The van der Waals surface area contributed by atoms with Gasteiger partial charge in [0.15, 0.2) is 0 Å². The van der Waals surface area contributed by atoms with Crippen LogP contribution in [0.5, 0.6) is 0 Å². The molecule has 218 valence electrons. The zero-order valence-electron chi connectivity index (χ0n) is 23.6. The first-order valence-corrected chi connectivity index (χ1v) is 15.9. The average molecular weight is 610 g/mol. The van der Waals surface area contributed by atoms with Crippen molar-refractivity contribution in [1.29, 1.82) is 0 Å². The highest BCUT2D eigenvalue weighted by Gasteiger charge is 2.56. The van der Waals surface area contributed by atoms with Gasteiger partial charge in [0.1, 0.15) is 0 Å². The van der Waals surface area contributed by atoms with Gasteiger partial charge in [-0.25, -0.2) is 13.1 Å². The zero-order chi connectivity index (χ0) is 29.5. The molecule has 1 unspecified atom stereocenters. The van der Waals surface area contributed by atoms with Crippen LogP contribution in [0.1, 0.15) is 76.5 Å². The summed E-state index contributed by atoms with van der Waals surface area (Å²) >= 11 is 12.7. The average Bonchev–Trinajstić information content (AvgIpc) is 3.69. The summed E-state index contributed by atoms with van der Waals surface area (Å²) in [5.41, 5.74) is 0.678. The standard InChI is InChI=1S/C30H38Cl2N2O5S/c1-6-24(18-33-40(37,38)29(3)14-15-29)34-26(20-10-12-22(31)13-11-20)25(21-8-7-9-23(32)16-21)17-30(4,28(34)36)19(2)27(35)39-5/h7-13,16,19,24-26,33H,6,14-15,17-18H2,1-5H3/t19?,24-,25+,26+,30+/m0/s1. The summed E-state index contributed by atoms with van der Waals surface area (Å²) in [6.07, 6.45) is 2.09. The second-order valence-corrected chi connectivity index (χ2v) is 14.8. The van der Waals surface area contributed by atoms with Crippen LogP contribution in [-0.2, 0) is 24.3 Å². The van der Waals surface area contributed by atoms with Crippen LogP contribution in [0.3, 0.4) is 0 Å². The minimum absolute atomic E-state index is 0.0647. The number of piperidine rings is 1. The molecule has 1 saturated heterocycles. The molecule has 2 fully saturated rings. The van der Waals surface area contributed by atoms with Crippen molar-refractivity contribution in [3.8, 4) is 0 Å². The Morgan fingerprint density at radius 3 is 2.30 bits per heavy atom. The lowest BCUT2D eigenvalue weighted by Crippen LogP contribution is -2.60. The Morgan fingerprint density at radius 2 is 1.75 bits per heavy atom. The predicted octanol–water partition coefficient (Wildman–Crippen LogP) is 6.12. The van der Waals surface area contributed by atoms with E-state index in [4.69, 9.17) is 27.9 Å². The number of nitrogens with one attached hydrogen (secondary N) is 1. The van der Waals surface area contributed by atoms with Gasteiger partial charge in [0.2, 0.25) is 15.9 Å². The molecule has 40 heavy (non-hydrogen) atoms.